The second-order valence-electron chi connectivity index (χ2n) is 6.16. The number of aromatic nitrogens is 2. The minimum atomic E-state index is -2.83. The quantitative estimate of drug-likeness (QED) is 0.622. The van der Waals surface area contributed by atoms with E-state index in [1.54, 1.807) is 43.3 Å². The van der Waals surface area contributed by atoms with E-state index in [0.717, 1.165) is 5.56 Å². The lowest BCUT2D eigenvalue weighted by molar-refractivity contribution is 0.0741. The molecule has 0 saturated heterocycles. The highest BCUT2D eigenvalue weighted by atomic mass is 19.3. The minimum Gasteiger partial charge on any atom is -0.496 e. The molecule has 1 aromatic heterocycles. The molecule has 0 aliphatic carbocycles. The first-order valence-corrected chi connectivity index (χ1v) is 8.54. The first kappa shape index (κ1) is 19.5. The summed E-state index contributed by atoms with van der Waals surface area (Å²) >= 11 is 0. The summed E-state index contributed by atoms with van der Waals surface area (Å²) in [4.78, 5) is 14.4. The second-order valence-corrected chi connectivity index (χ2v) is 6.16. The summed E-state index contributed by atoms with van der Waals surface area (Å²) in [7, 11) is 3.29. The number of ether oxygens (including phenoxy) is 1. The third kappa shape index (κ3) is 3.85. The zero-order valence-electron chi connectivity index (χ0n) is 15.6. The molecule has 0 aliphatic heterocycles. The number of halogens is 2. The molecule has 3 aromatic rings. The molecule has 1 atom stereocenters. The zero-order chi connectivity index (χ0) is 20.3. The predicted octanol–water partition coefficient (Wildman–Crippen LogP) is 4.52. The van der Waals surface area contributed by atoms with Crippen molar-refractivity contribution in [2.75, 3.05) is 14.2 Å². The van der Waals surface area contributed by atoms with Crippen LogP contribution in [-0.4, -0.2) is 35.2 Å². The summed E-state index contributed by atoms with van der Waals surface area (Å²) in [5.74, 6) is -0.245. The summed E-state index contributed by atoms with van der Waals surface area (Å²) in [5, 5.41) is 6.90. The van der Waals surface area contributed by atoms with Gasteiger partial charge in [-0.1, -0.05) is 18.2 Å². The number of rotatable bonds is 6. The molecule has 2 aromatic carbocycles. The summed E-state index contributed by atoms with van der Waals surface area (Å²) < 4.78 is 35.4. The molecule has 3 rings (SSSR count). The Bertz CT molecular complexity index is 957. The van der Waals surface area contributed by atoms with Crippen LogP contribution in [0.1, 0.15) is 41.2 Å². The van der Waals surface area contributed by atoms with E-state index in [4.69, 9.17) is 9.15 Å². The average Bonchev–Trinajstić information content (AvgIpc) is 3.23. The second kappa shape index (κ2) is 8.16. The molecular weight excluding hydrogens is 368 g/mol. The van der Waals surface area contributed by atoms with Crippen LogP contribution in [0.25, 0.3) is 11.5 Å². The third-order valence-corrected chi connectivity index (χ3v) is 4.50. The van der Waals surface area contributed by atoms with Gasteiger partial charge in [0, 0.05) is 23.7 Å². The van der Waals surface area contributed by atoms with Crippen LogP contribution >= 0.6 is 0 Å². The van der Waals surface area contributed by atoms with E-state index < -0.39 is 12.3 Å². The number of alkyl halides is 2. The number of nitrogens with zero attached hydrogens (tertiary/aromatic N) is 3. The highest BCUT2D eigenvalue weighted by molar-refractivity contribution is 5.94. The molecule has 0 bridgehead atoms. The van der Waals surface area contributed by atoms with Crippen LogP contribution in [0.3, 0.4) is 0 Å². The van der Waals surface area contributed by atoms with E-state index in [0.29, 0.717) is 16.9 Å². The number of methoxy groups -OCH3 is 1. The van der Waals surface area contributed by atoms with Gasteiger partial charge in [0.15, 0.2) is 0 Å². The van der Waals surface area contributed by atoms with Gasteiger partial charge in [0.1, 0.15) is 5.75 Å². The average molecular weight is 387 g/mol. The molecule has 28 heavy (non-hydrogen) atoms. The number of amides is 1. The fraction of sp³-hybridized carbons (Fsp3) is 0.250. The third-order valence-electron chi connectivity index (χ3n) is 4.50. The van der Waals surface area contributed by atoms with Crippen molar-refractivity contribution in [1.82, 2.24) is 15.1 Å². The molecule has 1 heterocycles. The number of hydrogen-bond donors (Lipinski definition) is 0. The SMILES string of the molecule is COc1ccccc1[C@H](C)N(C)C(=O)c1ccc(-c2nnc(C(F)F)o2)cc1. The van der Waals surface area contributed by atoms with Gasteiger partial charge in [-0.05, 0) is 37.3 Å². The smallest absolute Gasteiger partial charge is 0.314 e. The van der Waals surface area contributed by atoms with Crippen LogP contribution in [0.4, 0.5) is 8.78 Å². The molecule has 0 unspecified atom stereocenters. The van der Waals surface area contributed by atoms with E-state index >= 15 is 0 Å². The lowest BCUT2D eigenvalue weighted by Crippen LogP contribution is -2.29. The van der Waals surface area contributed by atoms with E-state index in [9.17, 15) is 13.6 Å². The summed E-state index contributed by atoms with van der Waals surface area (Å²) in [6.07, 6.45) is -2.83. The van der Waals surface area contributed by atoms with Crippen molar-refractivity contribution in [2.24, 2.45) is 0 Å². The normalized spacial score (nSPS) is 12.1. The molecule has 0 N–H and O–H groups in total. The standard InChI is InChI=1S/C20H19F2N3O3/c1-12(15-6-4-5-7-16(15)27-3)25(2)20(26)14-10-8-13(9-11-14)18-23-24-19(28-18)17(21)22/h4-12,17H,1-3H3/t12-/m0/s1. The van der Waals surface area contributed by atoms with Crippen molar-refractivity contribution in [3.05, 3.63) is 65.5 Å². The number of carbonyl (C=O) groups is 1. The number of carbonyl (C=O) groups excluding carboxylic acids is 1. The van der Waals surface area contributed by atoms with Gasteiger partial charge in [-0.15, -0.1) is 10.2 Å². The zero-order valence-corrected chi connectivity index (χ0v) is 15.6. The molecule has 8 heteroatoms. The van der Waals surface area contributed by atoms with Crippen LogP contribution in [-0.2, 0) is 0 Å². The maximum absolute atomic E-state index is 12.8. The first-order chi connectivity index (χ1) is 13.4. The fourth-order valence-corrected chi connectivity index (χ4v) is 2.79. The van der Waals surface area contributed by atoms with Gasteiger partial charge in [-0.3, -0.25) is 4.79 Å². The van der Waals surface area contributed by atoms with E-state index in [-0.39, 0.29) is 17.8 Å². The largest absolute Gasteiger partial charge is 0.496 e. The van der Waals surface area contributed by atoms with Crippen molar-refractivity contribution in [2.45, 2.75) is 19.4 Å². The van der Waals surface area contributed by atoms with Gasteiger partial charge in [0.25, 0.3) is 11.8 Å². The Morgan fingerprint density at radius 2 is 1.79 bits per heavy atom. The van der Waals surface area contributed by atoms with Gasteiger partial charge in [-0.25, -0.2) is 0 Å². The Labute approximate surface area is 160 Å². The molecule has 146 valence electrons. The molecule has 0 aliphatic rings. The number of para-hydroxylation sites is 1. The van der Waals surface area contributed by atoms with Crippen molar-refractivity contribution in [1.29, 1.82) is 0 Å². The molecule has 0 saturated carbocycles. The van der Waals surface area contributed by atoms with Crippen LogP contribution in [0.5, 0.6) is 5.75 Å². The van der Waals surface area contributed by atoms with E-state index in [1.807, 2.05) is 31.2 Å². The molecular formula is C20H19F2N3O3. The summed E-state index contributed by atoms with van der Waals surface area (Å²) in [6.45, 7) is 1.91. The maximum atomic E-state index is 12.8. The number of hydrogen-bond acceptors (Lipinski definition) is 5. The Morgan fingerprint density at radius 1 is 1.11 bits per heavy atom. The van der Waals surface area contributed by atoms with Gasteiger partial charge in [0.05, 0.1) is 13.2 Å². The minimum absolute atomic E-state index is 0.0231. The van der Waals surface area contributed by atoms with Gasteiger partial charge in [-0.2, -0.15) is 8.78 Å². The molecule has 0 radical (unpaired) electrons. The Morgan fingerprint density at radius 3 is 2.39 bits per heavy atom. The monoisotopic (exact) mass is 387 g/mol. The van der Waals surface area contributed by atoms with Crippen LogP contribution in [0.2, 0.25) is 0 Å². The lowest BCUT2D eigenvalue weighted by atomic mass is 10.0. The van der Waals surface area contributed by atoms with Gasteiger partial charge in [0.2, 0.25) is 5.89 Å². The van der Waals surface area contributed by atoms with Crippen molar-refractivity contribution < 1.29 is 22.7 Å². The lowest BCUT2D eigenvalue weighted by Gasteiger charge is -2.26. The fourth-order valence-electron chi connectivity index (χ4n) is 2.79. The Hall–Kier alpha value is -3.29. The van der Waals surface area contributed by atoms with Gasteiger partial charge < -0.3 is 14.1 Å². The van der Waals surface area contributed by atoms with Crippen LogP contribution in [0.15, 0.2) is 52.9 Å². The number of benzene rings is 2. The molecule has 0 spiro atoms. The molecule has 0 fully saturated rings. The van der Waals surface area contributed by atoms with Crippen LogP contribution < -0.4 is 4.74 Å². The van der Waals surface area contributed by atoms with Crippen molar-refractivity contribution in [3.8, 4) is 17.2 Å². The summed E-state index contributed by atoms with van der Waals surface area (Å²) in [6, 6.07) is 13.6. The summed E-state index contributed by atoms with van der Waals surface area (Å²) in [5.41, 5.74) is 1.79. The van der Waals surface area contributed by atoms with E-state index in [2.05, 4.69) is 10.2 Å². The highest BCUT2D eigenvalue weighted by Gasteiger charge is 2.22. The topological polar surface area (TPSA) is 68.5 Å². The van der Waals surface area contributed by atoms with Crippen LogP contribution in [0, 0.1) is 0 Å². The maximum Gasteiger partial charge on any atom is 0.314 e. The molecule has 1 amide bonds. The Balaban J connectivity index is 1.78. The van der Waals surface area contributed by atoms with Crippen molar-refractivity contribution >= 4 is 5.91 Å². The molecule has 6 nitrogen and oxygen atoms in total. The Kier molecular flexibility index (Phi) is 5.67. The predicted molar refractivity (Wildman–Crippen MR) is 98.2 cm³/mol. The first-order valence-electron chi connectivity index (χ1n) is 8.54. The van der Waals surface area contributed by atoms with Gasteiger partial charge >= 0.3 is 6.43 Å². The highest BCUT2D eigenvalue weighted by Crippen LogP contribution is 2.29. The van der Waals surface area contributed by atoms with E-state index in [1.165, 1.54) is 0 Å². The van der Waals surface area contributed by atoms with Crippen molar-refractivity contribution in [3.63, 3.8) is 0 Å².